The van der Waals surface area contributed by atoms with E-state index in [-0.39, 0.29) is 18.2 Å². The van der Waals surface area contributed by atoms with Crippen molar-refractivity contribution in [1.82, 2.24) is 14.4 Å². The fourth-order valence-corrected chi connectivity index (χ4v) is 8.74. The van der Waals surface area contributed by atoms with Crippen LogP contribution in [0.25, 0.3) is 22.2 Å². The Kier molecular flexibility index (Phi) is 2.91. The van der Waals surface area contributed by atoms with E-state index < -0.39 is 5.79 Å². The molecule has 5 aromatic rings. The highest BCUT2D eigenvalue weighted by molar-refractivity contribution is 6.12. The van der Waals surface area contributed by atoms with Gasteiger partial charge in [0.1, 0.15) is 28.6 Å². The van der Waals surface area contributed by atoms with Crippen LogP contribution in [0.5, 0.6) is 0 Å². The first-order valence-electron chi connectivity index (χ1n) is 14.2. The lowest BCUT2D eigenvalue weighted by Gasteiger charge is -2.61. The molecule has 190 valence electrons. The zero-order valence-electron chi connectivity index (χ0n) is 21.6. The first-order valence-corrected chi connectivity index (χ1v) is 14.2. The Balaban J connectivity index is 1.40. The largest absolute Gasteiger partial charge is 0.287 e. The Morgan fingerprint density at radius 2 is 1.00 bits per heavy atom. The molecule has 7 nitrogen and oxygen atoms in total. The smallest absolute Gasteiger partial charge is 0.219 e. The van der Waals surface area contributed by atoms with Gasteiger partial charge in [-0.15, -0.1) is 0 Å². The number of fused-ring (bicyclic) bond motifs is 10. The molecule has 7 heterocycles. The first-order chi connectivity index (χ1) is 20.4. The summed E-state index contributed by atoms with van der Waals surface area (Å²) in [5.41, 5.74) is 8.88. The van der Waals surface area contributed by atoms with E-state index in [1.807, 2.05) is 0 Å². The number of benzene rings is 4. The third kappa shape index (κ3) is 1.82. The van der Waals surface area contributed by atoms with E-state index in [4.69, 9.17) is 20.0 Å². The molecule has 0 saturated heterocycles. The Morgan fingerprint density at radius 3 is 1.54 bits per heavy atom. The Bertz CT molecular complexity index is 2320. The van der Waals surface area contributed by atoms with Crippen LogP contribution in [-0.2, 0) is 5.79 Å². The van der Waals surface area contributed by atoms with Gasteiger partial charge in [-0.05, 0) is 0 Å². The van der Waals surface area contributed by atoms with Crippen molar-refractivity contribution in [2.24, 2.45) is 25.9 Å². The van der Waals surface area contributed by atoms with Gasteiger partial charge in [0.25, 0.3) is 0 Å². The zero-order valence-corrected chi connectivity index (χ0v) is 21.6. The minimum Gasteiger partial charge on any atom is -0.287 e. The average Bonchev–Trinajstić information content (AvgIpc) is 3.74. The predicted octanol–water partition coefficient (Wildman–Crippen LogP) is 2.61. The van der Waals surface area contributed by atoms with Crippen LogP contribution in [0.4, 0.5) is 0 Å². The predicted molar refractivity (Wildman–Crippen MR) is 153 cm³/mol. The van der Waals surface area contributed by atoms with Gasteiger partial charge in [-0.1, -0.05) is 97.1 Å². The minimum atomic E-state index is -0.682. The SMILES string of the molecule is c1ccc2c(c1)C1=NC3=c4ccccc4=C4N=C5c6ccccc6C6N=c7c8ccccc8c8n7C(C34)(N1C2N=8)N56. The summed E-state index contributed by atoms with van der Waals surface area (Å²) in [7, 11) is 0. The molecule has 0 N–H and O–H groups in total. The van der Waals surface area contributed by atoms with Gasteiger partial charge in [0.15, 0.2) is 12.3 Å². The van der Waals surface area contributed by atoms with E-state index in [0.29, 0.717) is 0 Å². The van der Waals surface area contributed by atoms with E-state index in [2.05, 4.69) is 111 Å². The van der Waals surface area contributed by atoms with Crippen molar-refractivity contribution < 1.29 is 0 Å². The summed E-state index contributed by atoms with van der Waals surface area (Å²) < 4.78 is 2.45. The number of hydrogen-bond donors (Lipinski definition) is 0. The van der Waals surface area contributed by atoms with Crippen molar-refractivity contribution in [2.45, 2.75) is 18.1 Å². The van der Waals surface area contributed by atoms with E-state index in [1.54, 1.807) is 0 Å². The molecule has 6 aliphatic heterocycles. The molecule has 2 unspecified atom stereocenters. The highest BCUT2D eigenvalue weighted by atomic mass is 15.7. The van der Waals surface area contributed by atoms with Crippen LogP contribution in [0.3, 0.4) is 0 Å². The van der Waals surface area contributed by atoms with Crippen LogP contribution in [0.1, 0.15) is 34.6 Å². The van der Waals surface area contributed by atoms with Crippen LogP contribution in [0.15, 0.2) is 117 Å². The molecule has 4 aromatic carbocycles. The molecule has 1 aliphatic carbocycles. The summed E-state index contributed by atoms with van der Waals surface area (Å²) in [5, 5.41) is 4.64. The zero-order chi connectivity index (χ0) is 26.2. The summed E-state index contributed by atoms with van der Waals surface area (Å²) in [6.07, 6.45) is -0.395. The highest BCUT2D eigenvalue weighted by Crippen LogP contribution is 2.61. The summed E-state index contributed by atoms with van der Waals surface area (Å²) in [6, 6.07) is 34.7. The molecule has 7 heteroatoms. The number of hydrogen-bond acceptors (Lipinski definition) is 6. The minimum absolute atomic E-state index is 0.105. The number of aliphatic imine (C=N–C) groups is 2. The summed E-state index contributed by atoms with van der Waals surface area (Å²) in [5.74, 6) is 1.19. The molecule has 2 atom stereocenters. The Hall–Kier alpha value is -5.30. The van der Waals surface area contributed by atoms with Gasteiger partial charge in [0, 0.05) is 43.5 Å². The van der Waals surface area contributed by atoms with Gasteiger partial charge >= 0.3 is 0 Å². The van der Waals surface area contributed by atoms with Gasteiger partial charge < -0.3 is 0 Å². The van der Waals surface area contributed by atoms with Crippen molar-refractivity contribution in [3.63, 3.8) is 0 Å². The lowest BCUT2D eigenvalue weighted by Crippen LogP contribution is -2.76. The van der Waals surface area contributed by atoms with Crippen molar-refractivity contribution in [1.29, 1.82) is 0 Å². The number of amidine groups is 2. The molecule has 1 aromatic heterocycles. The molecule has 0 saturated carbocycles. The van der Waals surface area contributed by atoms with E-state index in [0.717, 1.165) is 55.9 Å². The molecule has 0 radical (unpaired) electrons. The third-order valence-electron chi connectivity index (χ3n) is 10.1. The van der Waals surface area contributed by atoms with Crippen LogP contribution < -0.4 is 21.4 Å². The molecular formula is C34H19N7. The van der Waals surface area contributed by atoms with Crippen molar-refractivity contribution in [2.75, 3.05) is 0 Å². The van der Waals surface area contributed by atoms with Crippen LogP contribution in [0, 0.1) is 5.92 Å². The number of nitrogens with zero attached hydrogens (tertiary/aromatic N) is 7. The Labute approximate surface area is 232 Å². The maximum Gasteiger partial charge on any atom is 0.219 e. The van der Waals surface area contributed by atoms with Crippen LogP contribution >= 0.6 is 0 Å². The maximum atomic E-state index is 5.54. The fourth-order valence-electron chi connectivity index (χ4n) is 8.74. The monoisotopic (exact) mass is 525 g/mol. The summed E-state index contributed by atoms with van der Waals surface area (Å²) in [6.45, 7) is 0. The molecule has 0 fully saturated rings. The van der Waals surface area contributed by atoms with E-state index >= 15 is 0 Å². The lowest BCUT2D eigenvalue weighted by atomic mass is 9.87. The van der Waals surface area contributed by atoms with Gasteiger partial charge in [-0.25, -0.2) is 20.0 Å². The molecular weight excluding hydrogens is 506 g/mol. The molecule has 0 amide bonds. The number of rotatable bonds is 0. The standard InChI is InChI=1S/C34H19N7/c1-2-10-18-17(9-1)26-25-27(18)36-29-20-12-4-6-14-22(20)31-38-33-24-16-8-7-15-23(24)32-37-30-21-13-5-3-11-19(21)28(35-26)39(30)34(25,40(29)31)41(32)33/h1-16,25,30-31H. The number of aromatic nitrogens is 1. The summed E-state index contributed by atoms with van der Waals surface area (Å²) >= 11 is 0. The fraction of sp³-hybridized carbons (Fsp3) is 0.118. The van der Waals surface area contributed by atoms with E-state index in [1.165, 1.54) is 21.6 Å². The van der Waals surface area contributed by atoms with Crippen molar-refractivity contribution in [3.8, 4) is 0 Å². The quantitative estimate of drug-likeness (QED) is 0.312. The van der Waals surface area contributed by atoms with Crippen molar-refractivity contribution >= 4 is 33.8 Å². The van der Waals surface area contributed by atoms with Crippen LogP contribution in [-0.4, -0.2) is 26.0 Å². The normalized spacial score (nSPS) is 27.4. The van der Waals surface area contributed by atoms with Crippen molar-refractivity contribution in [3.05, 3.63) is 141 Å². The van der Waals surface area contributed by atoms with Gasteiger partial charge in [0.2, 0.25) is 5.79 Å². The Morgan fingerprint density at radius 1 is 0.537 bits per heavy atom. The van der Waals surface area contributed by atoms with Gasteiger partial charge in [-0.2, -0.15) is 0 Å². The second-order valence-corrected chi connectivity index (χ2v) is 11.8. The summed E-state index contributed by atoms with van der Waals surface area (Å²) in [4.78, 5) is 27.1. The van der Waals surface area contributed by atoms with Gasteiger partial charge in [0.05, 0.1) is 11.4 Å². The average molecular weight is 526 g/mol. The maximum absolute atomic E-state index is 5.54. The third-order valence-corrected chi connectivity index (χ3v) is 10.1. The first kappa shape index (κ1) is 19.7. The molecule has 0 bridgehead atoms. The molecule has 1 spiro atoms. The second kappa shape index (κ2) is 6.05. The molecule has 12 rings (SSSR count). The topological polar surface area (TPSA) is 60.9 Å². The molecule has 7 aliphatic rings. The van der Waals surface area contributed by atoms with Crippen LogP contribution in [0.2, 0.25) is 0 Å². The molecule has 41 heavy (non-hydrogen) atoms. The second-order valence-electron chi connectivity index (χ2n) is 11.8. The highest BCUT2D eigenvalue weighted by Gasteiger charge is 2.70. The van der Waals surface area contributed by atoms with E-state index in [9.17, 15) is 0 Å². The lowest BCUT2D eigenvalue weighted by molar-refractivity contribution is -0.125. The van der Waals surface area contributed by atoms with Gasteiger partial charge in [-0.3, -0.25) is 14.4 Å².